The first-order valence-electron chi connectivity index (χ1n) is 3.13. The van der Waals surface area contributed by atoms with Crippen LogP contribution in [0.15, 0.2) is 0 Å². The molecule has 1 aromatic rings. The Balaban J connectivity index is 2.96. The van der Waals surface area contributed by atoms with Crippen LogP contribution in [0.4, 0.5) is 0 Å². The molecule has 1 N–H and O–H groups in total. The van der Waals surface area contributed by atoms with Crippen molar-refractivity contribution in [3.05, 3.63) is 17.0 Å². The number of nitriles is 1. The molecule has 0 atom stereocenters. The summed E-state index contributed by atoms with van der Waals surface area (Å²) in [5, 5.41) is 15.1. The summed E-state index contributed by atoms with van der Waals surface area (Å²) in [4.78, 5) is 0. The SMILES string of the molecule is Cc1[nH]nc(CC#N)c1C. The van der Waals surface area contributed by atoms with Crippen LogP contribution in [-0.4, -0.2) is 10.2 Å². The Kier molecular flexibility index (Phi) is 1.72. The van der Waals surface area contributed by atoms with E-state index in [2.05, 4.69) is 16.3 Å². The van der Waals surface area contributed by atoms with E-state index in [1.807, 2.05) is 13.8 Å². The van der Waals surface area contributed by atoms with Crippen LogP contribution in [0.1, 0.15) is 17.0 Å². The van der Waals surface area contributed by atoms with Gasteiger partial charge in [0.05, 0.1) is 18.2 Å². The molecule has 3 nitrogen and oxygen atoms in total. The van der Waals surface area contributed by atoms with Crippen LogP contribution in [0.25, 0.3) is 0 Å². The Morgan fingerprint density at radius 2 is 2.30 bits per heavy atom. The predicted octanol–water partition coefficient (Wildman–Crippen LogP) is 1.09. The molecule has 3 heteroatoms. The van der Waals surface area contributed by atoms with Crippen molar-refractivity contribution in [2.75, 3.05) is 0 Å². The van der Waals surface area contributed by atoms with E-state index in [-0.39, 0.29) is 0 Å². The number of rotatable bonds is 1. The van der Waals surface area contributed by atoms with Crippen LogP contribution in [0.2, 0.25) is 0 Å². The van der Waals surface area contributed by atoms with Gasteiger partial charge in [-0.05, 0) is 19.4 Å². The lowest BCUT2D eigenvalue weighted by atomic mass is 10.2. The van der Waals surface area contributed by atoms with Gasteiger partial charge in [0, 0.05) is 5.69 Å². The second-order valence-corrected chi connectivity index (χ2v) is 2.26. The maximum absolute atomic E-state index is 8.35. The zero-order chi connectivity index (χ0) is 7.56. The van der Waals surface area contributed by atoms with Gasteiger partial charge in [0.1, 0.15) is 0 Å². The van der Waals surface area contributed by atoms with Gasteiger partial charge in [-0.3, -0.25) is 5.10 Å². The summed E-state index contributed by atoms with van der Waals surface area (Å²) in [6.07, 6.45) is 0.399. The van der Waals surface area contributed by atoms with Crippen molar-refractivity contribution in [1.29, 1.82) is 5.26 Å². The zero-order valence-electron chi connectivity index (χ0n) is 6.10. The van der Waals surface area contributed by atoms with E-state index in [0.717, 1.165) is 17.0 Å². The number of nitrogens with zero attached hydrogens (tertiary/aromatic N) is 2. The summed E-state index contributed by atoms with van der Waals surface area (Å²) in [5.74, 6) is 0. The van der Waals surface area contributed by atoms with Gasteiger partial charge in [0.25, 0.3) is 0 Å². The minimum absolute atomic E-state index is 0.399. The highest BCUT2D eigenvalue weighted by Crippen LogP contribution is 2.07. The number of nitrogens with one attached hydrogen (secondary N) is 1. The van der Waals surface area contributed by atoms with Crippen molar-refractivity contribution in [2.45, 2.75) is 20.3 Å². The van der Waals surface area contributed by atoms with Crippen molar-refractivity contribution in [3.63, 3.8) is 0 Å². The number of aromatic nitrogens is 2. The Labute approximate surface area is 59.7 Å². The normalized spacial score (nSPS) is 9.30. The van der Waals surface area contributed by atoms with E-state index in [1.54, 1.807) is 0 Å². The standard InChI is InChI=1S/C7H9N3/c1-5-6(2)9-10-7(5)3-4-8/h3H2,1-2H3,(H,9,10). The summed E-state index contributed by atoms with van der Waals surface area (Å²) in [6, 6.07) is 2.06. The fourth-order valence-electron chi connectivity index (χ4n) is 0.782. The fourth-order valence-corrected chi connectivity index (χ4v) is 0.782. The van der Waals surface area contributed by atoms with Gasteiger partial charge >= 0.3 is 0 Å². The lowest BCUT2D eigenvalue weighted by molar-refractivity contribution is 0.993. The largest absolute Gasteiger partial charge is 0.282 e. The van der Waals surface area contributed by atoms with E-state index in [0.29, 0.717) is 6.42 Å². The molecule has 0 spiro atoms. The van der Waals surface area contributed by atoms with Crippen molar-refractivity contribution >= 4 is 0 Å². The van der Waals surface area contributed by atoms with E-state index in [4.69, 9.17) is 5.26 Å². The van der Waals surface area contributed by atoms with E-state index in [1.165, 1.54) is 0 Å². The molecule has 0 unspecified atom stereocenters. The molecular weight excluding hydrogens is 126 g/mol. The minimum Gasteiger partial charge on any atom is -0.282 e. The third-order valence-corrected chi connectivity index (χ3v) is 1.60. The van der Waals surface area contributed by atoms with Crippen LogP contribution in [-0.2, 0) is 6.42 Å². The number of aromatic amines is 1. The summed E-state index contributed by atoms with van der Waals surface area (Å²) >= 11 is 0. The van der Waals surface area contributed by atoms with Crippen LogP contribution in [0.3, 0.4) is 0 Å². The average molecular weight is 135 g/mol. The van der Waals surface area contributed by atoms with Gasteiger partial charge in [0.15, 0.2) is 0 Å². The summed E-state index contributed by atoms with van der Waals surface area (Å²) in [5.41, 5.74) is 3.01. The van der Waals surface area contributed by atoms with Gasteiger partial charge in [-0.15, -0.1) is 0 Å². The molecule has 0 aromatic carbocycles. The highest BCUT2D eigenvalue weighted by molar-refractivity contribution is 5.24. The quantitative estimate of drug-likeness (QED) is 0.626. The van der Waals surface area contributed by atoms with Crippen molar-refractivity contribution in [3.8, 4) is 6.07 Å². The molecule has 0 saturated heterocycles. The van der Waals surface area contributed by atoms with Crippen LogP contribution in [0, 0.1) is 25.2 Å². The van der Waals surface area contributed by atoms with Gasteiger partial charge in [-0.2, -0.15) is 10.4 Å². The number of hydrogen-bond donors (Lipinski definition) is 1. The summed E-state index contributed by atoms with van der Waals surface area (Å²) < 4.78 is 0. The smallest absolute Gasteiger partial charge is 0.0795 e. The molecule has 0 aliphatic heterocycles. The molecule has 0 saturated carbocycles. The molecule has 1 heterocycles. The zero-order valence-corrected chi connectivity index (χ0v) is 6.10. The van der Waals surface area contributed by atoms with Gasteiger partial charge in [-0.25, -0.2) is 0 Å². The maximum atomic E-state index is 8.35. The molecule has 1 rings (SSSR count). The second-order valence-electron chi connectivity index (χ2n) is 2.26. The maximum Gasteiger partial charge on any atom is 0.0795 e. The highest BCUT2D eigenvalue weighted by Gasteiger charge is 2.02. The molecule has 0 amide bonds. The van der Waals surface area contributed by atoms with Crippen LogP contribution in [0.5, 0.6) is 0 Å². The van der Waals surface area contributed by atoms with Crippen molar-refractivity contribution in [1.82, 2.24) is 10.2 Å². The Morgan fingerprint density at radius 3 is 2.70 bits per heavy atom. The van der Waals surface area contributed by atoms with E-state index >= 15 is 0 Å². The van der Waals surface area contributed by atoms with Gasteiger partial charge in [-0.1, -0.05) is 0 Å². The topological polar surface area (TPSA) is 52.5 Å². The molecule has 52 valence electrons. The molecule has 1 aromatic heterocycles. The first-order valence-corrected chi connectivity index (χ1v) is 3.13. The molecule has 0 aliphatic carbocycles. The number of H-pyrrole nitrogens is 1. The molecule has 0 fully saturated rings. The molecular formula is C7H9N3. The lowest BCUT2D eigenvalue weighted by Crippen LogP contribution is -1.83. The molecule has 0 aliphatic rings. The third kappa shape index (κ3) is 1.01. The first kappa shape index (κ1) is 6.81. The summed E-state index contributed by atoms with van der Waals surface area (Å²) in [7, 11) is 0. The number of aryl methyl sites for hydroxylation is 1. The Morgan fingerprint density at radius 1 is 1.60 bits per heavy atom. The third-order valence-electron chi connectivity index (χ3n) is 1.60. The molecule has 0 bridgehead atoms. The molecule has 10 heavy (non-hydrogen) atoms. The Hall–Kier alpha value is -1.30. The van der Waals surface area contributed by atoms with E-state index in [9.17, 15) is 0 Å². The van der Waals surface area contributed by atoms with Crippen molar-refractivity contribution < 1.29 is 0 Å². The monoisotopic (exact) mass is 135 g/mol. The predicted molar refractivity (Wildman–Crippen MR) is 37.4 cm³/mol. The van der Waals surface area contributed by atoms with Crippen LogP contribution >= 0.6 is 0 Å². The van der Waals surface area contributed by atoms with Gasteiger partial charge < -0.3 is 0 Å². The summed E-state index contributed by atoms with van der Waals surface area (Å²) in [6.45, 7) is 3.91. The Bertz CT molecular complexity index is 267. The van der Waals surface area contributed by atoms with E-state index < -0.39 is 0 Å². The first-order chi connectivity index (χ1) is 4.75. The number of hydrogen-bond acceptors (Lipinski definition) is 2. The molecule has 0 radical (unpaired) electrons. The van der Waals surface area contributed by atoms with Crippen LogP contribution < -0.4 is 0 Å². The fraction of sp³-hybridized carbons (Fsp3) is 0.429. The van der Waals surface area contributed by atoms with Gasteiger partial charge in [0.2, 0.25) is 0 Å². The average Bonchev–Trinajstić information content (AvgIpc) is 2.20. The lowest BCUT2D eigenvalue weighted by Gasteiger charge is -1.87. The minimum atomic E-state index is 0.399. The second kappa shape index (κ2) is 2.53. The highest BCUT2D eigenvalue weighted by atomic mass is 15.1. The van der Waals surface area contributed by atoms with Crippen molar-refractivity contribution in [2.24, 2.45) is 0 Å².